The van der Waals surface area contributed by atoms with Crippen LogP contribution in [0.15, 0.2) is 30.3 Å². The van der Waals surface area contributed by atoms with Gasteiger partial charge in [-0.3, -0.25) is 10.2 Å². The first-order valence-electron chi connectivity index (χ1n) is 11.4. The normalized spacial score (nSPS) is 14.7. The van der Waals surface area contributed by atoms with Crippen molar-refractivity contribution in [3.63, 3.8) is 0 Å². The lowest BCUT2D eigenvalue weighted by Gasteiger charge is -2.28. The van der Waals surface area contributed by atoms with Gasteiger partial charge in [0, 0.05) is 28.8 Å². The number of aliphatic carboxylic acids is 1. The van der Waals surface area contributed by atoms with Crippen LogP contribution >= 0.6 is 0 Å². The summed E-state index contributed by atoms with van der Waals surface area (Å²) < 4.78 is 5.44. The first-order valence-corrected chi connectivity index (χ1v) is 11.4. The Morgan fingerprint density at radius 1 is 1.06 bits per heavy atom. The van der Waals surface area contributed by atoms with Crippen LogP contribution in [0.1, 0.15) is 81.1 Å². The number of carbonyl (C=O) groups excluding carboxylic acids is 1. The lowest BCUT2D eigenvalue weighted by Crippen LogP contribution is -2.30. The predicted molar refractivity (Wildman–Crippen MR) is 131 cm³/mol. The number of fused-ring (bicyclic) bond motifs is 1. The van der Waals surface area contributed by atoms with Crippen molar-refractivity contribution in [1.82, 2.24) is 4.90 Å². The highest BCUT2D eigenvalue weighted by Gasteiger charge is 2.30. The molecule has 2 aromatic rings. The largest absolute Gasteiger partial charge is 0.507 e. The van der Waals surface area contributed by atoms with Crippen LogP contribution in [-0.4, -0.2) is 45.3 Å². The number of Topliss-reactive ketones (excluding diaryl/α,β-unsaturated/α-hetero) is 1. The molecule has 0 fully saturated rings. The number of hydrogen-bond acceptors (Lipinski definition) is 5. The van der Waals surface area contributed by atoms with Gasteiger partial charge in [-0.2, -0.15) is 0 Å². The summed E-state index contributed by atoms with van der Waals surface area (Å²) in [6.45, 7) is 13.8. The van der Waals surface area contributed by atoms with Gasteiger partial charge in [0.1, 0.15) is 17.3 Å². The topological polar surface area (TPSA) is 111 Å². The first-order chi connectivity index (χ1) is 15.6. The summed E-state index contributed by atoms with van der Waals surface area (Å²) in [5.41, 5.74) is 2.76. The van der Waals surface area contributed by atoms with Crippen LogP contribution in [0.5, 0.6) is 11.5 Å². The third kappa shape index (κ3) is 5.08. The Hall–Kier alpha value is -3.35. The maximum absolute atomic E-state index is 13.3. The molecule has 0 amide bonds. The molecule has 182 valence electrons. The number of carbonyl (C=O) groups is 2. The molecule has 3 N–H and O–H groups in total. The molecule has 7 heteroatoms. The molecule has 2 aromatic carbocycles. The molecule has 1 atom stereocenters. The number of aromatic hydroxyl groups is 1. The molecule has 0 aliphatic carbocycles. The number of ether oxygens (including phenoxy) is 1. The quantitative estimate of drug-likeness (QED) is 0.524. The number of hydrogen-bond donors (Lipinski definition) is 3. The molecule has 0 aromatic heterocycles. The van der Waals surface area contributed by atoms with E-state index in [9.17, 15) is 14.7 Å². The van der Waals surface area contributed by atoms with Gasteiger partial charge < -0.3 is 19.8 Å². The molecule has 1 unspecified atom stereocenters. The van der Waals surface area contributed by atoms with Gasteiger partial charge in [0.2, 0.25) is 0 Å². The highest BCUT2D eigenvalue weighted by Crippen LogP contribution is 2.40. The monoisotopic (exact) mass is 466 g/mol. The van der Waals surface area contributed by atoms with Gasteiger partial charge in [0.25, 0.3) is 0 Å². The fraction of sp³-hybridized carbons (Fsp3) is 0.444. The molecule has 1 heterocycles. The molecule has 1 aliphatic heterocycles. The fourth-order valence-corrected chi connectivity index (χ4v) is 4.05. The minimum absolute atomic E-state index is 0.0210. The van der Waals surface area contributed by atoms with E-state index in [0.717, 1.165) is 16.7 Å². The highest BCUT2D eigenvalue weighted by molar-refractivity contribution is 6.05. The van der Waals surface area contributed by atoms with Gasteiger partial charge in [0.15, 0.2) is 11.9 Å². The third-order valence-electron chi connectivity index (χ3n) is 6.05. The summed E-state index contributed by atoms with van der Waals surface area (Å²) in [5, 5.41) is 28.5. The zero-order valence-corrected chi connectivity index (χ0v) is 20.9. The second kappa shape index (κ2) is 8.78. The number of nitrogens with zero attached hydrogens (tertiary/aromatic N) is 1. The summed E-state index contributed by atoms with van der Waals surface area (Å²) in [6, 6.07) is 8.62. The van der Waals surface area contributed by atoms with Crippen LogP contribution in [0.4, 0.5) is 0 Å². The standard InChI is InChI=1S/C27H34N2O5/c1-15(25(32)33)34-18-8-9-19-17(10-18)13-29(24(19)28)14-22(30)16-11-20(26(2,3)4)23(31)21(12-16)27(5,6)7/h8-12,15,28,31H,13-14H2,1-7H3,(H,32,33). The average molecular weight is 467 g/mol. The SMILES string of the molecule is CC(Oc1ccc2c(c1)CN(CC(=O)c1cc(C(C)(C)C)c(O)c(C(C)(C)C)c1)C2=N)C(=O)O. The Balaban J connectivity index is 1.87. The molecule has 0 saturated heterocycles. The number of nitrogens with one attached hydrogen (secondary N) is 1. The molecule has 1 aliphatic rings. The van der Waals surface area contributed by atoms with Crippen molar-refractivity contribution >= 4 is 17.6 Å². The molecular weight excluding hydrogens is 432 g/mol. The van der Waals surface area contributed by atoms with Gasteiger partial charge >= 0.3 is 5.97 Å². The second-order valence-electron chi connectivity index (χ2n) is 11.0. The molecule has 3 rings (SSSR count). The second-order valence-corrected chi connectivity index (χ2v) is 11.0. The van der Waals surface area contributed by atoms with E-state index >= 15 is 0 Å². The Labute approximate surface area is 200 Å². The smallest absolute Gasteiger partial charge is 0.344 e. The number of benzene rings is 2. The Morgan fingerprint density at radius 3 is 2.12 bits per heavy atom. The number of carboxylic acid groups (broad SMARTS) is 1. The fourth-order valence-electron chi connectivity index (χ4n) is 4.05. The Kier molecular flexibility index (Phi) is 6.53. The number of amidine groups is 1. The number of ketones is 1. The predicted octanol–water partition coefficient (Wildman–Crippen LogP) is 4.86. The number of phenols is 1. The van der Waals surface area contributed by atoms with Crippen LogP contribution in [0.25, 0.3) is 0 Å². The van der Waals surface area contributed by atoms with E-state index in [1.54, 1.807) is 35.2 Å². The minimum Gasteiger partial charge on any atom is -0.507 e. The summed E-state index contributed by atoms with van der Waals surface area (Å²) in [6.07, 6.45) is -0.986. The van der Waals surface area contributed by atoms with E-state index in [1.165, 1.54) is 6.92 Å². The minimum atomic E-state index is -1.06. The van der Waals surface area contributed by atoms with Crippen LogP contribution in [0.2, 0.25) is 0 Å². The Bertz CT molecular complexity index is 1120. The van der Waals surface area contributed by atoms with Crippen molar-refractivity contribution in [2.24, 2.45) is 0 Å². The van der Waals surface area contributed by atoms with E-state index in [2.05, 4.69) is 0 Å². The number of rotatable bonds is 6. The summed E-state index contributed by atoms with van der Waals surface area (Å²) in [4.78, 5) is 26.1. The van der Waals surface area contributed by atoms with E-state index in [0.29, 0.717) is 23.4 Å². The first kappa shape index (κ1) is 25.3. The van der Waals surface area contributed by atoms with Crippen LogP contribution in [-0.2, 0) is 22.2 Å². The zero-order valence-electron chi connectivity index (χ0n) is 20.9. The van der Waals surface area contributed by atoms with Crippen LogP contribution in [0.3, 0.4) is 0 Å². The van der Waals surface area contributed by atoms with E-state index in [-0.39, 0.29) is 34.7 Å². The third-order valence-corrected chi connectivity index (χ3v) is 6.05. The average Bonchev–Trinajstić information content (AvgIpc) is 3.00. The zero-order chi connectivity index (χ0) is 25.6. The molecule has 0 saturated carbocycles. The maximum atomic E-state index is 13.3. The summed E-state index contributed by atoms with van der Waals surface area (Å²) in [5.74, 6) is -0.311. The van der Waals surface area contributed by atoms with E-state index in [1.807, 2.05) is 41.5 Å². The van der Waals surface area contributed by atoms with Gasteiger partial charge in [-0.25, -0.2) is 4.79 Å². The van der Waals surface area contributed by atoms with Crippen molar-refractivity contribution in [1.29, 1.82) is 5.41 Å². The number of phenolic OH excluding ortho intramolecular Hbond substituents is 1. The van der Waals surface area contributed by atoms with Crippen molar-refractivity contribution in [3.05, 3.63) is 58.1 Å². The van der Waals surface area contributed by atoms with E-state index < -0.39 is 12.1 Å². The lowest BCUT2D eigenvalue weighted by atomic mass is 9.78. The molecule has 7 nitrogen and oxygen atoms in total. The maximum Gasteiger partial charge on any atom is 0.344 e. The van der Waals surface area contributed by atoms with Crippen molar-refractivity contribution in [3.8, 4) is 11.5 Å². The molecule has 34 heavy (non-hydrogen) atoms. The molecule has 0 bridgehead atoms. The molecule has 0 spiro atoms. The van der Waals surface area contributed by atoms with Gasteiger partial charge in [-0.05, 0) is 53.6 Å². The van der Waals surface area contributed by atoms with Crippen LogP contribution in [0, 0.1) is 5.41 Å². The highest BCUT2D eigenvalue weighted by atomic mass is 16.5. The van der Waals surface area contributed by atoms with Crippen molar-refractivity contribution in [2.45, 2.75) is 71.9 Å². The van der Waals surface area contributed by atoms with Crippen molar-refractivity contribution < 1.29 is 24.5 Å². The molecular formula is C27H34N2O5. The molecule has 0 radical (unpaired) electrons. The van der Waals surface area contributed by atoms with Gasteiger partial charge in [-0.1, -0.05) is 41.5 Å². The summed E-state index contributed by atoms with van der Waals surface area (Å²) >= 11 is 0. The van der Waals surface area contributed by atoms with E-state index in [4.69, 9.17) is 15.3 Å². The summed E-state index contributed by atoms with van der Waals surface area (Å²) in [7, 11) is 0. The Morgan fingerprint density at radius 2 is 1.62 bits per heavy atom. The van der Waals surface area contributed by atoms with Gasteiger partial charge in [0.05, 0.1) is 6.54 Å². The lowest BCUT2D eigenvalue weighted by molar-refractivity contribution is -0.144. The number of carboxylic acids is 1. The van der Waals surface area contributed by atoms with Crippen LogP contribution < -0.4 is 4.74 Å². The van der Waals surface area contributed by atoms with Crippen molar-refractivity contribution in [2.75, 3.05) is 6.54 Å². The van der Waals surface area contributed by atoms with Gasteiger partial charge in [-0.15, -0.1) is 0 Å².